The second-order valence-corrected chi connectivity index (χ2v) is 13.2. The average Bonchev–Trinajstić information content (AvgIpc) is 3.60. The number of anilines is 2. The number of benzene rings is 5. The highest BCUT2D eigenvalue weighted by Crippen LogP contribution is 2.37. The molecule has 1 aromatic heterocycles. The van der Waals surface area contributed by atoms with Crippen molar-refractivity contribution in [2.75, 3.05) is 11.9 Å². The number of aryl methyl sites for hydroxylation is 2. The molecule has 0 fully saturated rings. The van der Waals surface area contributed by atoms with Gasteiger partial charge in [0.05, 0.1) is 0 Å². The molecule has 274 valence electrons. The van der Waals surface area contributed by atoms with Crippen LogP contribution in [0.1, 0.15) is 69.7 Å². The van der Waals surface area contributed by atoms with Crippen LogP contribution in [0, 0.1) is 13.8 Å². The summed E-state index contributed by atoms with van der Waals surface area (Å²) in [6.45, 7) is 19.5. The van der Waals surface area contributed by atoms with E-state index in [0.29, 0.717) is 0 Å². The zero-order valence-electron chi connectivity index (χ0n) is 32.8. The lowest BCUT2D eigenvalue weighted by Crippen LogP contribution is -2.03. The van der Waals surface area contributed by atoms with E-state index in [0.717, 1.165) is 35.5 Å². The molecule has 0 amide bonds. The van der Waals surface area contributed by atoms with E-state index in [1.54, 1.807) is 0 Å². The molecule has 1 aliphatic carbocycles. The summed E-state index contributed by atoms with van der Waals surface area (Å²) < 4.78 is 2.68. The molecule has 3 N–H and O–H groups in total. The largest absolute Gasteiger partial charge is 0.355 e. The van der Waals surface area contributed by atoms with Crippen LogP contribution in [-0.4, -0.2) is 6.54 Å². The van der Waals surface area contributed by atoms with Gasteiger partial charge in [-0.05, 0) is 80.2 Å². The minimum absolute atomic E-state index is 0.727. The summed E-state index contributed by atoms with van der Waals surface area (Å²) in [7, 11) is 0. The Morgan fingerprint density at radius 2 is 1.47 bits per heavy atom. The second-order valence-electron chi connectivity index (χ2n) is 12.2. The van der Waals surface area contributed by atoms with Crippen molar-refractivity contribution in [1.29, 1.82) is 0 Å². The van der Waals surface area contributed by atoms with Crippen LogP contribution < -0.4 is 11.1 Å². The number of nitrogens with two attached hydrogens (primary N) is 1. The lowest BCUT2D eigenvalue weighted by Gasteiger charge is -2.12. The van der Waals surface area contributed by atoms with E-state index in [1.807, 2.05) is 75.4 Å². The van der Waals surface area contributed by atoms with Gasteiger partial charge in [-0.25, -0.2) is 0 Å². The number of thiophene rings is 1. The van der Waals surface area contributed by atoms with Gasteiger partial charge in [-0.3, -0.25) is 0 Å². The Kier molecular flexibility index (Phi) is 18.6. The molecule has 6 aromatic rings. The maximum absolute atomic E-state index is 5.40. The molecule has 0 saturated carbocycles. The van der Waals surface area contributed by atoms with Crippen LogP contribution >= 0.6 is 11.3 Å². The number of hydrogen-bond donors (Lipinski definition) is 2. The average molecular weight is 719 g/mol. The summed E-state index contributed by atoms with van der Waals surface area (Å²) in [6.07, 6.45) is 15.0. The van der Waals surface area contributed by atoms with Crippen LogP contribution in [0.5, 0.6) is 0 Å². The molecule has 1 heterocycles. The summed E-state index contributed by atoms with van der Waals surface area (Å²) >= 11 is 1.86. The first-order valence-electron chi connectivity index (χ1n) is 18.9. The molecule has 0 radical (unpaired) electrons. The van der Waals surface area contributed by atoms with E-state index in [4.69, 9.17) is 5.73 Å². The molecule has 0 unspecified atom stereocenters. The van der Waals surface area contributed by atoms with Crippen molar-refractivity contribution in [2.45, 2.75) is 61.3 Å². The molecule has 0 aliphatic heterocycles. The van der Waals surface area contributed by atoms with Crippen molar-refractivity contribution in [3.05, 3.63) is 192 Å². The number of hydrogen-bond acceptors (Lipinski definition) is 3. The van der Waals surface area contributed by atoms with Gasteiger partial charge in [0.15, 0.2) is 0 Å². The summed E-state index contributed by atoms with van der Waals surface area (Å²) in [4.78, 5) is 0. The number of allylic oxidation sites excluding steroid dienone is 8. The fourth-order valence-electron chi connectivity index (χ4n) is 5.60. The van der Waals surface area contributed by atoms with Crippen LogP contribution in [0.2, 0.25) is 0 Å². The zero-order valence-corrected chi connectivity index (χ0v) is 33.6. The van der Waals surface area contributed by atoms with Crippen molar-refractivity contribution >= 4 is 54.0 Å². The van der Waals surface area contributed by atoms with Gasteiger partial charge >= 0.3 is 0 Å². The molecule has 0 atom stereocenters. The Morgan fingerprint density at radius 3 is 2.09 bits per heavy atom. The van der Waals surface area contributed by atoms with Gasteiger partial charge in [0, 0.05) is 43.7 Å². The van der Waals surface area contributed by atoms with Crippen LogP contribution in [0.4, 0.5) is 11.4 Å². The number of para-hydroxylation sites is 2. The second kappa shape index (κ2) is 23.4. The highest BCUT2D eigenvalue weighted by atomic mass is 32.1. The van der Waals surface area contributed by atoms with Gasteiger partial charge in [-0.15, -0.1) is 11.3 Å². The summed E-state index contributed by atoms with van der Waals surface area (Å²) in [6, 6.07) is 42.1. The van der Waals surface area contributed by atoms with Crippen molar-refractivity contribution in [3.63, 3.8) is 0 Å². The SMILES string of the molecule is C=C(/C=C\C=C(/C)c1ccccc1Nc1ccccc1)c1ccc2c(c1)sc1c(C)cccc12.CC.CC.Cc1ccccc1.NCC1=CC=CCC1. The van der Waals surface area contributed by atoms with Crippen LogP contribution in [0.15, 0.2) is 170 Å². The Bertz CT molecular complexity index is 2110. The Hall–Kier alpha value is -5.22. The Labute approximate surface area is 323 Å². The van der Waals surface area contributed by atoms with Crippen LogP contribution in [0.3, 0.4) is 0 Å². The summed E-state index contributed by atoms with van der Waals surface area (Å²) in [5.41, 5.74) is 16.1. The standard InChI is InChI=1S/C32H27NS.C7H11N.C7H8.2C2H6/c1-22(25-19-20-28-29-17-10-13-24(3)32(29)34-31(28)21-25)11-9-12-23(2)27-16-7-8-18-30(27)33-26-14-5-4-6-15-26;8-6-7-4-2-1-3-5-7;1-7-5-3-2-4-6-7;2*1-2/h4-21,33H,1H2,2-3H3;1-2,4H,3,5-6,8H2;2-6H,1H3;2*1-2H3/b11-9-,23-12+;;;;. The molecule has 7 rings (SSSR count). The Balaban J connectivity index is 0.000000326. The molecule has 1 aliphatic rings. The Morgan fingerprint density at radius 1 is 0.792 bits per heavy atom. The first-order valence-corrected chi connectivity index (χ1v) is 19.7. The lowest BCUT2D eigenvalue weighted by molar-refractivity contribution is 0.916. The number of rotatable bonds is 7. The van der Waals surface area contributed by atoms with Crippen molar-refractivity contribution in [2.24, 2.45) is 5.73 Å². The third-order valence-electron chi connectivity index (χ3n) is 8.42. The van der Waals surface area contributed by atoms with Crippen molar-refractivity contribution in [3.8, 4) is 0 Å². The quantitative estimate of drug-likeness (QED) is 0.161. The van der Waals surface area contributed by atoms with Crippen molar-refractivity contribution in [1.82, 2.24) is 0 Å². The molecule has 3 heteroatoms. The molecule has 5 aromatic carbocycles. The topological polar surface area (TPSA) is 38.0 Å². The van der Waals surface area contributed by atoms with Gasteiger partial charge < -0.3 is 11.1 Å². The zero-order chi connectivity index (χ0) is 38.4. The fourth-order valence-corrected chi connectivity index (χ4v) is 6.81. The molecular weight excluding hydrogens is 661 g/mol. The highest BCUT2D eigenvalue weighted by molar-refractivity contribution is 7.26. The van der Waals surface area contributed by atoms with E-state index in [9.17, 15) is 0 Å². The van der Waals surface area contributed by atoms with E-state index in [-0.39, 0.29) is 0 Å². The van der Waals surface area contributed by atoms with Gasteiger partial charge in [-0.1, -0.05) is 179 Å². The summed E-state index contributed by atoms with van der Waals surface area (Å²) in [5, 5.41) is 6.19. The number of nitrogens with one attached hydrogen (secondary N) is 1. The van der Waals surface area contributed by atoms with Crippen LogP contribution in [-0.2, 0) is 0 Å². The van der Waals surface area contributed by atoms with E-state index >= 15 is 0 Å². The lowest BCUT2D eigenvalue weighted by atomic mass is 10.0. The predicted molar refractivity (Wildman–Crippen MR) is 241 cm³/mol. The third-order valence-corrected chi connectivity index (χ3v) is 9.72. The maximum Gasteiger partial charge on any atom is 0.0460 e. The molecule has 2 nitrogen and oxygen atoms in total. The minimum Gasteiger partial charge on any atom is -0.355 e. The van der Waals surface area contributed by atoms with E-state index in [2.05, 4.69) is 154 Å². The first kappa shape index (κ1) is 42.2. The van der Waals surface area contributed by atoms with Gasteiger partial charge in [0.1, 0.15) is 0 Å². The van der Waals surface area contributed by atoms with E-state index in [1.165, 1.54) is 54.4 Å². The fraction of sp³-hybridized carbons (Fsp3) is 0.200. The molecule has 0 saturated heterocycles. The normalized spacial score (nSPS) is 11.8. The van der Waals surface area contributed by atoms with Crippen LogP contribution in [0.25, 0.3) is 31.3 Å². The molecular formula is C50H58N2S. The third kappa shape index (κ3) is 13.1. The van der Waals surface area contributed by atoms with E-state index < -0.39 is 0 Å². The van der Waals surface area contributed by atoms with Crippen molar-refractivity contribution < 1.29 is 0 Å². The highest BCUT2D eigenvalue weighted by Gasteiger charge is 2.08. The molecule has 53 heavy (non-hydrogen) atoms. The first-order chi connectivity index (χ1) is 25.9. The monoisotopic (exact) mass is 718 g/mol. The summed E-state index contributed by atoms with van der Waals surface area (Å²) in [5.74, 6) is 0. The van der Waals surface area contributed by atoms with Gasteiger partial charge in [0.2, 0.25) is 0 Å². The predicted octanol–water partition coefficient (Wildman–Crippen LogP) is 15.0. The number of fused-ring (bicyclic) bond motifs is 3. The maximum atomic E-state index is 5.40. The van der Waals surface area contributed by atoms with Gasteiger partial charge in [-0.2, -0.15) is 0 Å². The smallest absolute Gasteiger partial charge is 0.0460 e. The minimum atomic E-state index is 0.727. The van der Waals surface area contributed by atoms with Gasteiger partial charge in [0.25, 0.3) is 0 Å². The molecule has 0 bridgehead atoms. The molecule has 0 spiro atoms.